The second-order valence-corrected chi connectivity index (χ2v) is 9.60. The van der Waals surface area contributed by atoms with Gasteiger partial charge in [-0.05, 0) is 17.5 Å². The number of benzene rings is 2. The average Bonchev–Trinajstić information content (AvgIpc) is 2.86. The van der Waals surface area contributed by atoms with Gasteiger partial charge in [0.1, 0.15) is 23.4 Å². The van der Waals surface area contributed by atoms with Crippen molar-refractivity contribution in [2.45, 2.75) is 32.7 Å². The smallest absolute Gasteiger partial charge is 0.275 e. The van der Waals surface area contributed by atoms with Gasteiger partial charge in [0.2, 0.25) is 5.43 Å². The number of nitrogens with one attached hydrogen (secondary N) is 1. The second-order valence-electron chi connectivity index (χ2n) is 9.60. The predicted molar refractivity (Wildman–Crippen MR) is 131 cm³/mol. The lowest BCUT2D eigenvalue weighted by Crippen LogP contribution is -2.62. The van der Waals surface area contributed by atoms with E-state index in [2.05, 4.69) is 10.2 Å². The first-order valence-corrected chi connectivity index (χ1v) is 12.0. The molecule has 1 aromatic heterocycles. The maximum absolute atomic E-state index is 13.9. The second kappa shape index (κ2) is 9.78. The maximum Gasteiger partial charge on any atom is 0.275 e. The molecule has 3 aromatic rings. The lowest BCUT2D eigenvalue weighted by atomic mass is 10.0. The van der Waals surface area contributed by atoms with E-state index >= 15 is 0 Å². The van der Waals surface area contributed by atoms with Gasteiger partial charge in [-0.3, -0.25) is 19.3 Å². The molecule has 8 nitrogen and oxygen atoms in total. The zero-order chi connectivity index (χ0) is 26.3. The van der Waals surface area contributed by atoms with E-state index in [-0.39, 0.29) is 42.0 Å². The van der Waals surface area contributed by atoms with Crippen molar-refractivity contribution >= 4 is 11.8 Å². The fourth-order valence-electron chi connectivity index (χ4n) is 5.08. The molecule has 37 heavy (non-hydrogen) atoms. The highest BCUT2D eigenvalue weighted by Gasteiger charge is 2.42. The number of fused-ring (bicyclic) bond motifs is 2. The molecule has 10 heteroatoms. The van der Waals surface area contributed by atoms with E-state index < -0.39 is 34.6 Å². The quantitative estimate of drug-likeness (QED) is 0.553. The van der Waals surface area contributed by atoms with E-state index in [1.807, 2.05) is 37.3 Å². The molecule has 0 spiro atoms. The van der Waals surface area contributed by atoms with E-state index in [0.717, 1.165) is 18.2 Å². The minimum absolute atomic E-state index is 0.0377. The first-order chi connectivity index (χ1) is 17.7. The summed E-state index contributed by atoms with van der Waals surface area (Å²) in [5.41, 5.74) is -0.386. The first kappa shape index (κ1) is 24.6. The van der Waals surface area contributed by atoms with Gasteiger partial charge in [0.05, 0.1) is 6.54 Å². The number of pyridine rings is 1. The fourth-order valence-corrected chi connectivity index (χ4v) is 5.08. The van der Waals surface area contributed by atoms with Crippen LogP contribution in [-0.2, 0) is 19.6 Å². The molecule has 0 radical (unpaired) electrons. The lowest BCUT2D eigenvalue weighted by molar-refractivity contribution is -0.0314. The normalized spacial score (nSPS) is 19.3. The van der Waals surface area contributed by atoms with Crippen LogP contribution in [0, 0.1) is 17.6 Å². The van der Waals surface area contributed by atoms with Crippen LogP contribution in [0.1, 0.15) is 38.9 Å². The molecule has 2 N–H and O–H groups in total. The standard InChI is InChI=1S/C27H26F2N4O4/c1-16-11-31(13-17-5-3-2-4-6-17)22-15-32-14-20(24(34)25(35)23(32)27(37)33(22)12-16)26(36)30-10-18-7-8-19(28)9-21(18)29/h2-9,14,16,22,35H,10-13,15H2,1H3,(H,30,36). The van der Waals surface area contributed by atoms with Crippen LogP contribution in [0.5, 0.6) is 5.75 Å². The van der Waals surface area contributed by atoms with Gasteiger partial charge in [0.15, 0.2) is 11.4 Å². The lowest BCUT2D eigenvalue weighted by Gasteiger charge is -2.49. The Hall–Kier alpha value is -4.05. The number of halogens is 2. The van der Waals surface area contributed by atoms with Crippen molar-refractivity contribution in [3.63, 3.8) is 0 Å². The summed E-state index contributed by atoms with van der Waals surface area (Å²) in [5.74, 6) is -3.51. The molecule has 0 bridgehead atoms. The topological polar surface area (TPSA) is 94.9 Å². The Balaban J connectivity index is 1.43. The largest absolute Gasteiger partial charge is 0.503 e. The first-order valence-electron chi connectivity index (χ1n) is 12.0. The predicted octanol–water partition coefficient (Wildman–Crippen LogP) is 2.70. The highest BCUT2D eigenvalue weighted by molar-refractivity contribution is 5.99. The highest BCUT2D eigenvalue weighted by Crippen LogP contribution is 2.30. The molecular weight excluding hydrogens is 482 g/mol. The summed E-state index contributed by atoms with van der Waals surface area (Å²) in [6.07, 6.45) is 0.935. The van der Waals surface area contributed by atoms with Crippen LogP contribution in [0.25, 0.3) is 0 Å². The molecule has 3 heterocycles. The Morgan fingerprint density at radius 2 is 1.84 bits per heavy atom. The van der Waals surface area contributed by atoms with Gasteiger partial charge >= 0.3 is 0 Å². The molecule has 192 valence electrons. The number of carbonyl (C=O) groups excluding carboxylic acids is 2. The summed E-state index contributed by atoms with van der Waals surface area (Å²) in [5, 5.41) is 13.1. The molecule has 0 aliphatic carbocycles. The minimum atomic E-state index is -0.985. The Kier molecular flexibility index (Phi) is 6.51. The van der Waals surface area contributed by atoms with Crippen molar-refractivity contribution in [2.75, 3.05) is 13.1 Å². The molecule has 2 atom stereocenters. The molecule has 2 aliphatic rings. The molecular formula is C27H26F2N4O4. The molecule has 2 aromatic carbocycles. The number of nitrogens with zero attached hydrogens (tertiary/aromatic N) is 3. The summed E-state index contributed by atoms with van der Waals surface area (Å²) in [6, 6.07) is 12.8. The van der Waals surface area contributed by atoms with Gasteiger partial charge in [-0.15, -0.1) is 0 Å². The monoisotopic (exact) mass is 508 g/mol. The van der Waals surface area contributed by atoms with Gasteiger partial charge in [-0.2, -0.15) is 0 Å². The van der Waals surface area contributed by atoms with E-state index in [9.17, 15) is 28.3 Å². The van der Waals surface area contributed by atoms with Gasteiger partial charge in [0.25, 0.3) is 11.8 Å². The van der Waals surface area contributed by atoms with Crippen LogP contribution in [-0.4, -0.2) is 50.5 Å². The molecule has 2 aliphatic heterocycles. The van der Waals surface area contributed by atoms with E-state index in [1.54, 1.807) is 4.90 Å². The van der Waals surface area contributed by atoms with Crippen LogP contribution in [0.2, 0.25) is 0 Å². The number of aromatic hydroxyl groups is 1. The highest BCUT2D eigenvalue weighted by atomic mass is 19.1. The van der Waals surface area contributed by atoms with E-state index in [4.69, 9.17) is 0 Å². The van der Waals surface area contributed by atoms with Gasteiger partial charge in [0, 0.05) is 44.0 Å². The SMILES string of the molecule is CC1CN(Cc2ccccc2)C2Cn3cc(C(=O)NCc4ccc(F)cc4F)c(=O)c(O)c3C(=O)N2C1. The van der Waals surface area contributed by atoms with Crippen LogP contribution in [0.4, 0.5) is 8.78 Å². The van der Waals surface area contributed by atoms with Crippen molar-refractivity contribution in [2.24, 2.45) is 5.92 Å². The van der Waals surface area contributed by atoms with Crippen molar-refractivity contribution in [3.05, 3.63) is 99.0 Å². The number of hydrogen-bond acceptors (Lipinski definition) is 5. The third-order valence-electron chi connectivity index (χ3n) is 6.84. The number of hydrogen-bond donors (Lipinski definition) is 2. The van der Waals surface area contributed by atoms with Gasteiger partial charge < -0.3 is 19.9 Å². The molecule has 2 unspecified atom stereocenters. The van der Waals surface area contributed by atoms with Crippen LogP contribution < -0.4 is 10.7 Å². The van der Waals surface area contributed by atoms with Gasteiger partial charge in [-0.1, -0.05) is 43.3 Å². The third-order valence-corrected chi connectivity index (χ3v) is 6.84. The average molecular weight is 509 g/mol. The summed E-state index contributed by atoms with van der Waals surface area (Å²) < 4.78 is 28.6. The van der Waals surface area contributed by atoms with Crippen molar-refractivity contribution < 1.29 is 23.5 Å². The van der Waals surface area contributed by atoms with Crippen molar-refractivity contribution in [1.29, 1.82) is 0 Å². The molecule has 1 saturated heterocycles. The molecule has 5 rings (SSSR count). The van der Waals surface area contributed by atoms with Crippen LogP contribution in [0.3, 0.4) is 0 Å². The Bertz CT molecular complexity index is 1430. The summed E-state index contributed by atoms with van der Waals surface area (Å²) >= 11 is 0. The molecule has 1 fully saturated rings. The molecule has 2 amide bonds. The Labute approximate surface area is 211 Å². The zero-order valence-corrected chi connectivity index (χ0v) is 20.2. The summed E-state index contributed by atoms with van der Waals surface area (Å²) in [6.45, 7) is 3.85. The zero-order valence-electron chi connectivity index (χ0n) is 20.2. The number of rotatable bonds is 5. The third kappa shape index (κ3) is 4.72. The summed E-state index contributed by atoms with van der Waals surface area (Å²) in [7, 11) is 0. The van der Waals surface area contributed by atoms with E-state index in [0.29, 0.717) is 19.2 Å². The fraction of sp³-hybridized carbons (Fsp3) is 0.296. The number of carbonyl (C=O) groups is 2. The summed E-state index contributed by atoms with van der Waals surface area (Å²) in [4.78, 5) is 43.0. The van der Waals surface area contributed by atoms with Crippen LogP contribution >= 0.6 is 0 Å². The van der Waals surface area contributed by atoms with Crippen molar-refractivity contribution in [3.8, 4) is 5.75 Å². The Morgan fingerprint density at radius 3 is 2.57 bits per heavy atom. The minimum Gasteiger partial charge on any atom is -0.503 e. The maximum atomic E-state index is 13.9. The van der Waals surface area contributed by atoms with Gasteiger partial charge in [-0.25, -0.2) is 8.78 Å². The molecule has 0 saturated carbocycles. The van der Waals surface area contributed by atoms with Crippen molar-refractivity contribution in [1.82, 2.24) is 19.7 Å². The Morgan fingerprint density at radius 1 is 1.08 bits per heavy atom. The van der Waals surface area contributed by atoms with Crippen LogP contribution in [0.15, 0.2) is 59.5 Å². The number of aromatic nitrogens is 1. The number of amides is 2. The van der Waals surface area contributed by atoms with E-state index in [1.165, 1.54) is 16.8 Å².